The molecule has 0 unspecified atom stereocenters. The molecule has 148 valence electrons. The number of anilines is 2. The van der Waals surface area contributed by atoms with Gasteiger partial charge in [-0.2, -0.15) is 5.26 Å². The normalized spacial score (nSPS) is 13.7. The largest absolute Gasteiger partial charge is 0.493 e. The van der Waals surface area contributed by atoms with E-state index in [9.17, 15) is 4.79 Å². The molecule has 6 nitrogen and oxygen atoms in total. The van der Waals surface area contributed by atoms with E-state index in [-0.39, 0.29) is 5.91 Å². The lowest BCUT2D eigenvalue weighted by Gasteiger charge is -2.15. The fraction of sp³-hybridized carbons (Fsp3) is 0.0833. The van der Waals surface area contributed by atoms with Gasteiger partial charge in [0.15, 0.2) is 11.5 Å². The molecule has 30 heavy (non-hydrogen) atoms. The number of hydrogen-bond acceptors (Lipinski definition) is 5. The van der Waals surface area contributed by atoms with Gasteiger partial charge in [0, 0.05) is 17.3 Å². The average molecular weight is 397 g/mol. The van der Waals surface area contributed by atoms with Gasteiger partial charge in [-0.3, -0.25) is 4.79 Å². The van der Waals surface area contributed by atoms with Gasteiger partial charge in [0.1, 0.15) is 0 Å². The third kappa shape index (κ3) is 3.45. The van der Waals surface area contributed by atoms with Crippen molar-refractivity contribution in [3.63, 3.8) is 0 Å². The number of carbonyl (C=O) groups excluding carboxylic acids is 1. The predicted octanol–water partition coefficient (Wildman–Crippen LogP) is 4.51. The molecule has 4 rings (SSSR count). The van der Waals surface area contributed by atoms with Gasteiger partial charge in [-0.1, -0.05) is 30.3 Å². The number of nitriles is 1. The van der Waals surface area contributed by atoms with Gasteiger partial charge in [-0.25, -0.2) is 0 Å². The highest BCUT2D eigenvalue weighted by Gasteiger charge is 2.30. The lowest BCUT2D eigenvalue weighted by molar-refractivity contribution is -0.110. The van der Waals surface area contributed by atoms with Crippen molar-refractivity contribution in [1.29, 1.82) is 5.26 Å². The standard InChI is InChI=1S/C24H19N3O3/c1-29-20-12-18-19(13-21(20)30-2)27-24(28)22(18)23(16-6-4-3-5-7-16)26-17-10-8-15(14-25)9-11-17/h3-13,26H,1-2H3,(H,27,28)/b23-22-. The van der Waals surface area contributed by atoms with Crippen molar-refractivity contribution >= 4 is 28.6 Å². The highest BCUT2D eigenvalue weighted by Crippen LogP contribution is 2.43. The second-order valence-corrected chi connectivity index (χ2v) is 6.64. The van der Waals surface area contributed by atoms with Crippen LogP contribution in [0.1, 0.15) is 16.7 Å². The molecule has 0 spiro atoms. The number of hydrogen-bond donors (Lipinski definition) is 2. The van der Waals surface area contributed by atoms with E-state index in [0.29, 0.717) is 34.0 Å². The number of amides is 1. The van der Waals surface area contributed by atoms with Crippen LogP contribution in [-0.2, 0) is 4.79 Å². The third-order valence-electron chi connectivity index (χ3n) is 4.86. The maximum atomic E-state index is 13.0. The number of fused-ring (bicyclic) bond motifs is 1. The summed E-state index contributed by atoms with van der Waals surface area (Å²) < 4.78 is 10.8. The number of carbonyl (C=O) groups is 1. The summed E-state index contributed by atoms with van der Waals surface area (Å²) in [6, 6.07) is 22.4. The van der Waals surface area contributed by atoms with E-state index in [1.807, 2.05) is 42.5 Å². The molecule has 3 aromatic carbocycles. The number of nitrogens with one attached hydrogen (secondary N) is 2. The van der Waals surface area contributed by atoms with Crippen LogP contribution in [-0.4, -0.2) is 20.1 Å². The van der Waals surface area contributed by atoms with Crippen LogP contribution in [0.4, 0.5) is 11.4 Å². The first-order chi connectivity index (χ1) is 14.6. The molecule has 0 aliphatic carbocycles. The minimum absolute atomic E-state index is 0.222. The molecule has 0 saturated carbocycles. The van der Waals surface area contributed by atoms with Crippen molar-refractivity contribution < 1.29 is 14.3 Å². The van der Waals surface area contributed by atoms with E-state index in [1.165, 1.54) is 0 Å². The zero-order valence-corrected chi connectivity index (χ0v) is 16.5. The van der Waals surface area contributed by atoms with E-state index < -0.39 is 0 Å². The molecule has 0 saturated heterocycles. The van der Waals surface area contributed by atoms with Crippen LogP contribution in [0.3, 0.4) is 0 Å². The van der Waals surface area contributed by atoms with E-state index in [0.717, 1.165) is 16.8 Å². The van der Waals surface area contributed by atoms with E-state index in [2.05, 4.69) is 16.7 Å². The van der Waals surface area contributed by atoms with Crippen molar-refractivity contribution in [2.24, 2.45) is 0 Å². The highest BCUT2D eigenvalue weighted by molar-refractivity contribution is 6.37. The van der Waals surface area contributed by atoms with E-state index in [1.54, 1.807) is 38.5 Å². The molecular weight excluding hydrogens is 378 g/mol. The van der Waals surface area contributed by atoms with Crippen LogP contribution in [0.5, 0.6) is 11.5 Å². The Kier molecular flexibility index (Phi) is 5.10. The summed E-state index contributed by atoms with van der Waals surface area (Å²) in [5.41, 5.74) is 4.72. The topological polar surface area (TPSA) is 83.4 Å². The number of methoxy groups -OCH3 is 2. The summed E-state index contributed by atoms with van der Waals surface area (Å²) >= 11 is 0. The van der Waals surface area contributed by atoms with Crippen molar-refractivity contribution in [2.75, 3.05) is 24.9 Å². The third-order valence-corrected chi connectivity index (χ3v) is 4.86. The van der Waals surface area contributed by atoms with Crippen LogP contribution >= 0.6 is 0 Å². The quantitative estimate of drug-likeness (QED) is 0.619. The molecule has 0 bridgehead atoms. The van der Waals surface area contributed by atoms with Crippen molar-refractivity contribution in [1.82, 2.24) is 0 Å². The molecule has 1 aliphatic heterocycles. The monoisotopic (exact) mass is 397 g/mol. The lowest BCUT2D eigenvalue weighted by atomic mass is 9.99. The Hall–Kier alpha value is -4.24. The van der Waals surface area contributed by atoms with Gasteiger partial charge in [-0.05, 0) is 35.9 Å². The second-order valence-electron chi connectivity index (χ2n) is 6.64. The lowest BCUT2D eigenvalue weighted by Crippen LogP contribution is -2.10. The van der Waals surface area contributed by atoms with E-state index in [4.69, 9.17) is 14.7 Å². The smallest absolute Gasteiger partial charge is 0.258 e. The highest BCUT2D eigenvalue weighted by atomic mass is 16.5. The minimum atomic E-state index is -0.222. The Morgan fingerprint density at radius 1 is 0.967 bits per heavy atom. The first-order valence-corrected chi connectivity index (χ1v) is 9.29. The SMILES string of the molecule is COc1cc2c(cc1OC)/C(=C(/Nc1ccc(C#N)cc1)c1ccccc1)C(=O)N2. The number of nitrogens with zero attached hydrogens (tertiary/aromatic N) is 1. The number of rotatable bonds is 5. The number of ether oxygens (including phenoxy) is 2. The summed E-state index contributed by atoms with van der Waals surface area (Å²) in [6.07, 6.45) is 0. The van der Waals surface area contributed by atoms with Crippen LogP contribution < -0.4 is 20.1 Å². The molecule has 0 radical (unpaired) electrons. The molecule has 1 amide bonds. The minimum Gasteiger partial charge on any atom is -0.493 e. The Balaban J connectivity index is 1.90. The zero-order valence-electron chi connectivity index (χ0n) is 16.5. The fourth-order valence-electron chi connectivity index (χ4n) is 3.40. The number of benzene rings is 3. The summed E-state index contributed by atoms with van der Waals surface area (Å²) in [5.74, 6) is 0.857. The summed E-state index contributed by atoms with van der Waals surface area (Å²) in [7, 11) is 3.12. The molecule has 1 heterocycles. The van der Waals surface area contributed by atoms with Crippen LogP contribution in [0.15, 0.2) is 66.7 Å². The summed E-state index contributed by atoms with van der Waals surface area (Å²) in [6.45, 7) is 0. The molecule has 1 aliphatic rings. The van der Waals surface area contributed by atoms with Gasteiger partial charge in [0.05, 0.1) is 42.8 Å². The van der Waals surface area contributed by atoms with Crippen molar-refractivity contribution in [2.45, 2.75) is 0 Å². The van der Waals surface area contributed by atoms with Gasteiger partial charge in [-0.15, -0.1) is 0 Å². The average Bonchev–Trinajstić information content (AvgIpc) is 3.11. The second kappa shape index (κ2) is 8.02. The molecule has 2 N–H and O–H groups in total. The van der Waals surface area contributed by atoms with Crippen LogP contribution in [0.2, 0.25) is 0 Å². The summed E-state index contributed by atoms with van der Waals surface area (Å²) in [4.78, 5) is 13.0. The Labute approximate surface area is 174 Å². The molecule has 0 aromatic heterocycles. The molecule has 0 atom stereocenters. The maximum Gasteiger partial charge on any atom is 0.258 e. The van der Waals surface area contributed by atoms with Gasteiger partial charge in [0.25, 0.3) is 5.91 Å². The van der Waals surface area contributed by atoms with E-state index >= 15 is 0 Å². The Morgan fingerprint density at radius 3 is 2.27 bits per heavy atom. The fourth-order valence-corrected chi connectivity index (χ4v) is 3.40. The van der Waals surface area contributed by atoms with Gasteiger partial charge < -0.3 is 20.1 Å². The maximum absolute atomic E-state index is 13.0. The van der Waals surface area contributed by atoms with Crippen molar-refractivity contribution in [3.8, 4) is 17.6 Å². The van der Waals surface area contributed by atoms with Crippen LogP contribution in [0, 0.1) is 11.3 Å². The first-order valence-electron chi connectivity index (χ1n) is 9.29. The first kappa shape index (κ1) is 19.1. The Bertz CT molecular complexity index is 1180. The zero-order chi connectivity index (χ0) is 21.1. The molecule has 3 aromatic rings. The molecule has 0 fully saturated rings. The van der Waals surface area contributed by atoms with Gasteiger partial charge >= 0.3 is 0 Å². The van der Waals surface area contributed by atoms with Crippen molar-refractivity contribution in [3.05, 3.63) is 83.4 Å². The molecule has 6 heteroatoms. The predicted molar refractivity (Wildman–Crippen MR) is 116 cm³/mol. The van der Waals surface area contributed by atoms with Gasteiger partial charge in [0.2, 0.25) is 0 Å². The van der Waals surface area contributed by atoms with Crippen LogP contribution in [0.25, 0.3) is 11.3 Å². The Morgan fingerprint density at radius 2 is 1.63 bits per heavy atom. The summed E-state index contributed by atoms with van der Waals surface area (Å²) in [5, 5.41) is 15.3. The molecular formula is C24H19N3O3.